The first-order chi connectivity index (χ1) is 11.1. The molecule has 0 unspecified atom stereocenters. The van der Waals surface area contributed by atoms with Crippen LogP contribution in [0.5, 0.6) is 0 Å². The Kier molecular flexibility index (Phi) is 4.62. The molecule has 1 amide bonds. The van der Waals surface area contributed by atoms with Crippen LogP contribution in [-0.2, 0) is 6.54 Å². The summed E-state index contributed by atoms with van der Waals surface area (Å²) in [5, 5.41) is 0. The second kappa shape index (κ2) is 6.83. The van der Waals surface area contributed by atoms with E-state index in [0.29, 0.717) is 18.3 Å². The molecule has 0 aliphatic carbocycles. The summed E-state index contributed by atoms with van der Waals surface area (Å²) in [5.41, 5.74) is 1.26. The van der Waals surface area contributed by atoms with E-state index in [2.05, 4.69) is 34.0 Å². The number of aromatic nitrogens is 2. The summed E-state index contributed by atoms with van der Waals surface area (Å²) in [6, 6.07) is 10.7. The summed E-state index contributed by atoms with van der Waals surface area (Å²) in [7, 11) is 2.10. The Balaban J connectivity index is 1.63. The Morgan fingerprint density at radius 2 is 2.13 bits per heavy atom. The maximum atomic E-state index is 12.5. The number of amides is 1. The quantitative estimate of drug-likeness (QED) is 0.897. The van der Waals surface area contributed by atoms with Crippen LogP contribution in [0.25, 0.3) is 0 Å². The molecular formula is C17H22N4O2. The van der Waals surface area contributed by atoms with Gasteiger partial charge in [0.2, 0.25) is 0 Å². The van der Waals surface area contributed by atoms with Crippen LogP contribution in [0.3, 0.4) is 0 Å². The lowest BCUT2D eigenvalue weighted by Gasteiger charge is -2.37. The zero-order valence-corrected chi connectivity index (χ0v) is 13.3. The molecule has 6 nitrogen and oxygen atoms in total. The van der Waals surface area contributed by atoms with E-state index in [1.807, 2.05) is 23.1 Å². The summed E-state index contributed by atoms with van der Waals surface area (Å²) in [6.45, 7) is 2.30. The van der Waals surface area contributed by atoms with Gasteiger partial charge in [-0.3, -0.25) is 9.69 Å². The molecule has 3 rings (SSSR count). The molecule has 2 heterocycles. The number of piperidine rings is 1. The molecule has 23 heavy (non-hydrogen) atoms. The van der Waals surface area contributed by atoms with Crippen molar-refractivity contribution < 1.29 is 4.79 Å². The normalized spacial score (nSPS) is 18.3. The zero-order chi connectivity index (χ0) is 16.2. The average molecular weight is 314 g/mol. The van der Waals surface area contributed by atoms with E-state index in [1.165, 1.54) is 11.8 Å². The fourth-order valence-electron chi connectivity index (χ4n) is 3.12. The number of imidazole rings is 1. The van der Waals surface area contributed by atoms with Gasteiger partial charge in [-0.1, -0.05) is 30.3 Å². The summed E-state index contributed by atoms with van der Waals surface area (Å²) >= 11 is 0. The predicted octanol–water partition coefficient (Wildman–Crippen LogP) is 1.44. The van der Waals surface area contributed by atoms with Crippen LogP contribution in [0.2, 0.25) is 0 Å². The van der Waals surface area contributed by atoms with Crippen molar-refractivity contribution in [2.75, 3.05) is 20.1 Å². The summed E-state index contributed by atoms with van der Waals surface area (Å²) in [6.07, 6.45) is 3.50. The Labute approximate surface area is 135 Å². The second-order valence-corrected chi connectivity index (χ2v) is 6.10. The molecule has 0 radical (unpaired) electrons. The minimum Gasteiger partial charge on any atom is -0.336 e. The number of carbonyl (C=O) groups excluding carboxylic acids is 1. The molecule has 1 aromatic heterocycles. The van der Waals surface area contributed by atoms with E-state index >= 15 is 0 Å². The zero-order valence-electron chi connectivity index (χ0n) is 13.3. The van der Waals surface area contributed by atoms with Crippen LogP contribution >= 0.6 is 0 Å². The van der Waals surface area contributed by atoms with Crippen molar-refractivity contribution in [1.29, 1.82) is 0 Å². The maximum absolute atomic E-state index is 12.5. The van der Waals surface area contributed by atoms with E-state index in [-0.39, 0.29) is 11.6 Å². The second-order valence-electron chi connectivity index (χ2n) is 6.10. The third-order valence-electron chi connectivity index (χ3n) is 4.41. The van der Waals surface area contributed by atoms with Crippen LogP contribution in [0, 0.1) is 0 Å². The lowest BCUT2D eigenvalue weighted by Crippen LogP contribution is -2.48. The van der Waals surface area contributed by atoms with Crippen LogP contribution in [0.1, 0.15) is 28.9 Å². The molecule has 1 aliphatic heterocycles. The first kappa shape index (κ1) is 15.6. The maximum Gasteiger partial charge on any atom is 0.323 e. The molecule has 1 saturated heterocycles. The average Bonchev–Trinajstić information content (AvgIpc) is 3.01. The first-order valence-electron chi connectivity index (χ1n) is 7.94. The number of nitrogens with zero attached hydrogens (tertiary/aromatic N) is 2. The topological polar surface area (TPSA) is 72.2 Å². The number of benzene rings is 1. The van der Waals surface area contributed by atoms with Gasteiger partial charge in [-0.05, 0) is 25.5 Å². The summed E-state index contributed by atoms with van der Waals surface area (Å²) < 4.78 is 0. The van der Waals surface area contributed by atoms with E-state index < -0.39 is 0 Å². The van der Waals surface area contributed by atoms with Gasteiger partial charge in [-0.15, -0.1) is 0 Å². The van der Waals surface area contributed by atoms with Gasteiger partial charge in [0, 0.05) is 31.9 Å². The largest absolute Gasteiger partial charge is 0.336 e. The molecule has 0 bridgehead atoms. The molecule has 2 aromatic rings. The van der Waals surface area contributed by atoms with Crippen molar-refractivity contribution >= 4 is 5.91 Å². The monoisotopic (exact) mass is 314 g/mol. The highest BCUT2D eigenvalue weighted by atomic mass is 16.2. The molecule has 0 saturated carbocycles. The molecule has 1 aromatic carbocycles. The number of carbonyl (C=O) groups is 1. The SMILES string of the molecule is CN(Cc1ccccc1)[C@H]1CCCN(C(=O)c2c[nH]c(=O)[nH]2)C1. The van der Waals surface area contributed by atoms with Gasteiger partial charge in [0.1, 0.15) is 5.69 Å². The fourth-order valence-corrected chi connectivity index (χ4v) is 3.12. The van der Waals surface area contributed by atoms with Crippen LogP contribution in [-0.4, -0.2) is 51.9 Å². The van der Waals surface area contributed by atoms with Crippen molar-refractivity contribution in [3.63, 3.8) is 0 Å². The number of H-pyrrole nitrogens is 2. The van der Waals surface area contributed by atoms with E-state index in [0.717, 1.165) is 25.9 Å². The number of nitrogens with one attached hydrogen (secondary N) is 2. The highest BCUT2D eigenvalue weighted by molar-refractivity contribution is 5.92. The van der Waals surface area contributed by atoms with E-state index in [1.54, 1.807) is 0 Å². The van der Waals surface area contributed by atoms with Gasteiger partial charge < -0.3 is 14.9 Å². The molecule has 1 atom stereocenters. The van der Waals surface area contributed by atoms with Crippen molar-refractivity contribution in [1.82, 2.24) is 19.8 Å². The minimum absolute atomic E-state index is 0.110. The number of rotatable bonds is 4. The molecule has 1 aliphatic rings. The lowest BCUT2D eigenvalue weighted by molar-refractivity contribution is 0.0597. The van der Waals surface area contributed by atoms with E-state index in [9.17, 15) is 9.59 Å². The Bertz CT molecular complexity index is 707. The van der Waals surface area contributed by atoms with Crippen molar-refractivity contribution in [3.8, 4) is 0 Å². The molecule has 122 valence electrons. The molecule has 0 spiro atoms. The lowest BCUT2D eigenvalue weighted by atomic mass is 10.0. The van der Waals surface area contributed by atoms with Gasteiger partial charge >= 0.3 is 5.69 Å². The number of hydrogen-bond donors (Lipinski definition) is 2. The molecule has 1 fully saturated rings. The van der Waals surface area contributed by atoms with E-state index in [4.69, 9.17) is 0 Å². The van der Waals surface area contributed by atoms with Crippen molar-refractivity contribution in [2.45, 2.75) is 25.4 Å². The highest BCUT2D eigenvalue weighted by Crippen LogP contribution is 2.18. The van der Waals surface area contributed by atoms with Crippen LogP contribution < -0.4 is 5.69 Å². The van der Waals surface area contributed by atoms with Gasteiger partial charge in [0.25, 0.3) is 5.91 Å². The number of likely N-dealkylation sites (tertiary alicyclic amines) is 1. The number of hydrogen-bond acceptors (Lipinski definition) is 3. The smallest absolute Gasteiger partial charge is 0.323 e. The Morgan fingerprint density at radius 3 is 2.83 bits per heavy atom. The van der Waals surface area contributed by atoms with Gasteiger partial charge in [-0.2, -0.15) is 0 Å². The van der Waals surface area contributed by atoms with Crippen molar-refractivity contribution in [2.24, 2.45) is 0 Å². The summed E-state index contributed by atoms with van der Waals surface area (Å²) in [4.78, 5) is 32.8. The van der Waals surface area contributed by atoms with Crippen molar-refractivity contribution in [3.05, 3.63) is 58.3 Å². The predicted molar refractivity (Wildman–Crippen MR) is 88.2 cm³/mol. The summed E-state index contributed by atoms with van der Waals surface area (Å²) in [5.74, 6) is -0.110. The fraction of sp³-hybridized carbons (Fsp3) is 0.412. The number of aromatic amines is 2. The Morgan fingerprint density at radius 1 is 1.35 bits per heavy atom. The minimum atomic E-state index is -0.344. The molecule has 2 N–H and O–H groups in total. The first-order valence-corrected chi connectivity index (χ1v) is 7.94. The third-order valence-corrected chi connectivity index (χ3v) is 4.41. The standard InChI is InChI=1S/C17H22N4O2/c1-20(11-13-6-3-2-4-7-13)14-8-5-9-21(12-14)16(22)15-10-18-17(23)19-15/h2-4,6-7,10,14H,5,8-9,11-12H2,1H3,(H2,18,19,23)/t14-/m0/s1. The van der Waals surface area contributed by atoms with Crippen LogP contribution in [0.4, 0.5) is 0 Å². The Hall–Kier alpha value is -2.34. The molecule has 6 heteroatoms. The third kappa shape index (κ3) is 3.71. The van der Waals surface area contributed by atoms with Gasteiger partial charge in [0.05, 0.1) is 0 Å². The molecular weight excluding hydrogens is 292 g/mol. The van der Waals surface area contributed by atoms with Gasteiger partial charge in [-0.25, -0.2) is 4.79 Å². The highest BCUT2D eigenvalue weighted by Gasteiger charge is 2.27. The van der Waals surface area contributed by atoms with Crippen LogP contribution in [0.15, 0.2) is 41.3 Å². The number of likely N-dealkylation sites (N-methyl/N-ethyl adjacent to an activating group) is 1. The van der Waals surface area contributed by atoms with Gasteiger partial charge in [0.15, 0.2) is 0 Å².